The molecule has 1 aromatic carbocycles. The van der Waals surface area contributed by atoms with E-state index in [0.29, 0.717) is 25.3 Å². The predicted molar refractivity (Wildman–Crippen MR) is 75.0 cm³/mol. The van der Waals surface area contributed by atoms with Crippen LogP contribution in [0.15, 0.2) is 47.6 Å². The van der Waals surface area contributed by atoms with Gasteiger partial charge in [-0.15, -0.1) is 0 Å². The van der Waals surface area contributed by atoms with Crippen molar-refractivity contribution in [3.63, 3.8) is 0 Å². The lowest BCUT2D eigenvalue weighted by Crippen LogP contribution is -2.25. The second-order valence-electron chi connectivity index (χ2n) is 4.20. The summed E-state index contributed by atoms with van der Waals surface area (Å²) in [6.45, 7) is 1.05. The number of methoxy groups -OCH3 is 1. The van der Waals surface area contributed by atoms with Crippen LogP contribution >= 0.6 is 0 Å². The quantitative estimate of drug-likeness (QED) is 0.781. The van der Waals surface area contributed by atoms with Gasteiger partial charge in [-0.25, -0.2) is 13.1 Å². The van der Waals surface area contributed by atoms with E-state index in [2.05, 4.69) is 9.82 Å². The Morgan fingerprint density at radius 3 is 2.65 bits per heavy atom. The van der Waals surface area contributed by atoms with Crippen molar-refractivity contribution in [2.75, 3.05) is 13.7 Å². The molecule has 1 heterocycles. The van der Waals surface area contributed by atoms with Gasteiger partial charge in [-0.2, -0.15) is 5.10 Å². The minimum atomic E-state index is -3.46. The monoisotopic (exact) mass is 295 g/mol. The summed E-state index contributed by atoms with van der Waals surface area (Å²) in [5.74, 6) is 0.627. The van der Waals surface area contributed by atoms with Gasteiger partial charge in [0.15, 0.2) is 0 Å². The van der Waals surface area contributed by atoms with Crippen molar-refractivity contribution in [3.05, 3.63) is 42.7 Å². The molecule has 1 N–H and O–H groups in total. The number of benzene rings is 1. The highest BCUT2D eigenvalue weighted by molar-refractivity contribution is 7.89. The normalized spacial score (nSPS) is 11.4. The molecule has 0 amide bonds. The molecule has 0 aliphatic heterocycles. The largest absolute Gasteiger partial charge is 0.497 e. The number of hydrogen-bond acceptors (Lipinski definition) is 4. The van der Waals surface area contributed by atoms with E-state index in [1.54, 1.807) is 23.0 Å². The maximum Gasteiger partial charge on any atom is 0.240 e. The lowest BCUT2D eigenvalue weighted by Gasteiger charge is -2.07. The second kappa shape index (κ2) is 6.53. The molecule has 2 aromatic rings. The first kappa shape index (κ1) is 14.5. The lowest BCUT2D eigenvalue weighted by atomic mass is 10.3. The van der Waals surface area contributed by atoms with E-state index >= 15 is 0 Å². The SMILES string of the molecule is COc1ccc(S(=O)(=O)NCCCn2cccn2)cc1. The summed E-state index contributed by atoms with van der Waals surface area (Å²) >= 11 is 0. The van der Waals surface area contributed by atoms with Crippen molar-refractivity contribution in [2.45, 2.75) is 17.9 Å². The summed E-state index contributed by atoms with van der Waals surface area (Å²) in [5.41, 5.74) is 0. The molecule has 0 aliphatic carbocycles. The van der Waals surface area contributed by atoms with Gasteiger partial charge >= 0.3 is 0 Å². The van der Waals surface area contributed by atoms with Crippen molar-refractivity contribution in [1.29, 1.82) is 0 Å². The summed E-state index contributed by atoms with van der Waals surface area (Å²) in [6.07, 6.45) is 4.22. The summed E-state index contributed by atoms with van der Waals surface area (Å²) in [5, 5.41) is 4.05. The Hall–Kier alpha value is -1.86. The van der Waals surface area contributed by atoms with E-state index in [9.17, 15) is 8.42 Å². The van der Waals surface area contributed by atoms with Crippen LogP contribution in [0, 0.1) is 0 Å². The summed E-state index contributed by atoms with van der Waals surface area (Å²) in [6, 6.07) is 8.13. The van der Waals surface area contributed by atoms with Gasteiger partial charge in [0.1, 0.15) is 5.75 Å². The van der Waals surface area contributed by atoms with E-state index in [1.807, 2.05) is 12.3 Å². The van der Waals surface area contributed by atoms with Crippen molar-refractivity contribution in [1.82, 2.24) is 14.5 Å². The van der Waals surface area contributed by atoms with Gasteiger partial charge in [0, 0.05) is 25.5 Å². The molecule has 0 aliphatic rings. The Balaban J connectivity index is 1.86. The third-order valence-electron chi connectivity index (χ3n) is 2.78. The number of aryl methyl sites for hydroxylation is 1. The first-order valence-electron chi connectivity index (χ1n) is 6.23. The lowest BCUT2D eigenvalue weighted by molar-refractivity contribution is 0.414. The molecule has 0 saturated carbocycles. The summed E-state index contributed by atoms with van der Waals surface area (Å²) in [4.78, 5) is 0.234. The number of nitrogens with zero attached hydrogens (tertiary/aromatic N) is 2. The molecule has 0 fully saturated rings. The molecular weight excluding hydrogens is 278 g/mol. The first-order valence-corrected chi connectivity index (χ1v) is 7.71. The highest BCUT2D eigenvalue weighted by Crippen LogP contribution is 2.15. The molecule has 0 saturated heterocycles. The van der Waals surface area contributed by atoms with Crippen molar-refractivity contribution >= 4 is 10.0 Å². The highest BCUT2D eigenvalue weighted by atomic mass is 32.2. The zero-order valence-corrected chi connectivity index (χ0v) is 12.0. The van der Waals surface area contributed by atoms with Crippen LogP contribution in [0.25, 0.3) is 0 Å². The third-order valence-corrected chi connectivity index (χ3v) is 4.26. The topological polar surface area (TPSA) is 73.2 Å². The van der Waals surface area contributed by atoms with Gasteiger partial charge < -0.3 is 4.74 Å². The fraction of sp³-hybridized carbons (Fsp3) is 0.308. The molecule has 0 radical (unpaired) electrons. The minimum absolute atomic E-state index is 0.234. The molecule has 0 unspecified atom stereocenters. The number of aromatic nitrogens is 2. The Labute approximate surface area is 118 Å². The zero-order valence-electron chi connectivity index (χ0n) is 11.2. The Bertz CT molecular complexity index is 621. The van der Waals surface area contributed by atoms with Gasteiger partial charge in [-0.1, -0.05) is 0 Å². The van der Waals surface area contributed by atoms with Crippen molar-refractivity contribution < 1.29 is 13.2 Å². The van der Waals surface area contributed by atoms with E-state index in [0.717, 1.165) is 0 Å². The third kappa shape index (κ3) is 3.82. The van der Waals surface area contributed by atoms with Gasteiger partial charge in [-0.3, -0.25) is 4.68 Å². The van der Waals surface area contributed by atoms with Crippen molar-refractivity contribution in [3.8, 4) is 5.75 Å². The molecule has 6 nitrogen and oxygen atoms in total. The van der Waals surface area contributed by atoms with Crippen LogP contribution in [0.1, 0.15) is 6.42 Å². The molecule has 0 spiro atoms. The van der Waals surface area contributed by atoms with Gasteiger partial charge in [0.2, 0.25) is 10.0 Å². The fourth-order valence-electron chi connectivity index (χ4n) is 1.72. The second-order valence-corrected chi connectivity index (χ2v) is 5.96. The highest BCUT2D eigenvalue weighted by Gasteiger charge is 2.12. The van der Waals surface area contributed by atoms with Crippen molar-refractivity contribution in [2.24, 2.45) is 0 Å². The molecule has 7 heteroatoms. The maximum atomic E-state index is 12.0. The predicted octanol–water partition coefficient (Wildman–Crippen LogP) is 1.26. The van der Waals surface area contributed by atoms with E-state index in [-0.39, 0.29) is 4.90 Å². The number of ether oxygens (including phenoxy) is 1. The summed E-state index contributed by atoms with van der Waals surface area (Å²) in [7, 11) is -1.92. The van der Waals surface area contributed by atoms with Gasteiger partial charge in [-0.05, 0) is 36.8 Å². The van der Waals surface area contributed by atoms with Crippen LogP contribution in [-0.4, -0.2) is 31.9 Å². The van der Waals surface area contributed by atoms with Gasteiger partial charge in [0.05, 0.1) is 12.0 Å². The van der Waals surface area contributed by atoms with E-state index in [1.165, 1.54) is 19.2 Å². The fourth-order valence-corrected chi connectivity index (χ4v) is 2.79. The van der Waals surface area contributed by atoms with Crippen LogP contribution in [0.5, 0.6) is 5.75 Å². The van der Waals surface area contributed by atoms with Crippen LogP contribution in [0.2, 0.25) is 0 Å². The molecule has 0 atom stereocenters. The number of rotatable bonds is 7. The summed E-state index contributed by atoms with van der Waals surface area (Å²) < 4.78 is 33.4. The molecule has 20 heavy (non-hydrogen) atoms. The van der Waals surface area contributed by atoms with Gasteiger partial charge in [0.25, 0.3) is 0 Å². The van der Waals surface area contributed by atoms with Crippen LogP contribution in [0.4, 0.5) is 0 Å². The zero-order chi connectivity index (χ0) is 14.4. The van der Waals surface area contributed by atoms with E-state index < -0.39 is 10.0 Å². The van der Waals surface area contributed by atoms with Crippen LogP contribution < -0.4 is 9.46 Å². The molecule has 2 rings (SSSR count). The maximum absolute atomic E-state index is 12.0. The van der Waals surface area contributed by atoms with Crippen LogP contribution in [0.3, 0.4) is 0 Å². The number of hydrogen-bond donors (Lipinski definition) is 1. The van der Waals surface area contributed by atoms with E-state index in [4.69, 9.17) is 4.74 Å². The minimum Gasteiger partial charge on any atom is -0.497 e. The van der Waals surface area contributed by atoms with Crippen LogP contribution in [-0.2, 0) is 16.6 Å². The average Bonchev–Trinajstić information content (AvgIpc) is 2.97. The Morgan fingerprint density at radius 2 is 2.05 bits per heavy atom. The average molecular weight is 295 g/mol. The molecule has 108 valence electrons. The molecule has 1 aromatic heterocycles. The smallest absolute Gasteiger partial charge is 0.240 e. The number of nitrogens with one attached hydrogen (secondary N) is 1. The Kier molecular flexibility index (Phi) is 4.75. The molecule has 0 bridgehead atoms. The standard InChI is InChI=1S/C13H17N3O3S/c1-19-12-4-6-13(7-5-12)20(17,18)15-9-3-11-16-10-2-8-14-16/h2,4-8,10,15H,3,9,11H2,1H3. The Morgan fingerprint density at radius 1 is 1.30 bits per heavy atom. The first-order chi connectivity index (χ1) is 9.62. The number of sulfonamides is 1. The molecular formula is C13H17N3O3S.